The molecule has 0 amide bonds. The van der Waals surface area contributed by atoms with Crippen molar-refractivity contribution in [3.8, 4) is 5.88 Å². The molecule has 0 bridgehead atoms. The number of carbonyl (C=O) groups excluding carboxylic acids is 1. The van der Waals surface area contributed by atoms with Gasteiger partial charge >= 0.3 is 0 Å². The summed E-state index contributed by atoms with van der Waals surface area (Å²) in [4.78, 5) is 12.7. The van der Waals surface area contributed by atoms with Gasteiger partial charge in [-0.15, -0.1) is 0 Å². The van der Waals surface area contributed by atoms with Crippen molar-refractivity contribution in [3.05, 3.63) is 83.6 Å². The van der Waals surface area contributed by atoms with Gasteiger partial charge in [0.25, 0.3) is 5.88 Å². The van der Waals surface area contributed by atoms with Gasteiger partial charge in [-0.25, -0.2) is 0 Å². The largest absolute Gasteiger partial charge is 0.491 e. The smallest absolute Gasteiger partial charge is 0.251 e. The van der Waals surface area contributed by atoms with E-state index in [-0.39, 0.29) is 16.2 Å². The Morgan fingerprint density at radius 2 is 1.58 bits per heavy atom. The Morgan fingerprint density at radius 1 is 1.04 bits per heavy atom. The molecular formula is C19H17NO3S. The highest BCUT2D eigenvalue weighted by Gasteiger charge is 2.26. The molecule has 5 heteroatoms. The van der Waals surface area contributed by atoms with Gasteiger partial charge in [0.1, 0.15) is 0 Å². The second-order valence-electron chi connectivity index (χ2n) is 5.45. The number of thioether (sulfide) groups is 1. The van der Waals surface area contributed by atoms with E-state index in [0.717, 1.165) is 11.1 Å². The maximum atomic E-state index is 12.7. The summed E-state index contributed by atoms with van der Waals surface area (Å²) >= 11 is 1.25. The van der Waals surface area contributed by atoms with Crippen LogP contribution in [0.2, 0.25) is 0 Å². The Kier molecular flexibility index (Phi) is 5.01. The Hall–Kier alpha value is -2.53. The molecule has 4 nitrogen and oxygen atoms in total. The van der Waals surface area contributed by atoms with Crippen LogP contribution in [0.4, 0.5) is 0 Å². The number of benzene rings is 2. The Morgan fingerprint density at radius 3 is 2.04 bits per heavy atom. The molecule has 0 saturated carbocycles. The Labute approximate surface area is 144 Å². The summed E-state index contributed by atoms with van der Waals surface area (Å²) in [6.45, 7) is 1.75. The lowest BCUT2D eigenvalue weighted by Gasteiger charge is -2.18. The molecule has 1 N–H and O–H groups in total. The third-order valence-electron chi connectivity index (χ3n) is 3.73. The second kappa shape index (κ2) is 7.36. The maximum absolute atomic E-state index is 12.7. The molecule has 2 aromatic carbocycles. The van der Waals surface area contributed by atoms with Crippen LogP contribution in [0.5, 0.6) is 5.88 Å². The minimum Gasteiger partial charge on any atom is -0.491 e. The molecule has 0 fully saturated rings. The summed E-state index contributed by atoms with van der Waals surface area (Å²) in [6, 6.07) is 21.2. The normalized spacial score (nSPS) is 12.2. The summed E-state index contributed by atoms with van der Waals surface area (Å²) in [7, 11) is 0. The molecular weight excluding hydrogens is 322 g/mol. The highest BCUT2D eigenvalue weighted by atomic mass is 32.2. The van der Waals surface area contributed by atoms with Crippen molar-refractivity contribution in [3.63, 3.8) is 0 Å². The average Bonchev–Trinajstić information content (AvgIpc) is 3.06. The number of aromatic nitrogens is 1. The molecule has 0 aliphatic rings. The van der Waals surface area contributed by atoms with Gasteiger partial charge < -0.3 is 9.63 Å². The van der Waals surface area contributed by atoms with Crippen molar-refractivity contribution in [1.29, 1.82) is 0 Å². The maximum Gasteiger partial charge on any atom is 0.251 e. The van der Waals surface area contributed by atoms with Gasteiger partial charge in [-0.05, 0) is 23.2 Å². The highest BCUT2D eigenvalue weighted by Crippen LogP contribution is 2.39. The fourth-order valence-corrected chi connectivity index (χ4v) is 3.54. The van der Waals surface area contributed by atoms with E-state index in [2.05, 4.69) is 5.16 Å². The molecule has 0 saturated heterocycles. The first-order valence-corrected chi connectivity index (χ1v) is 8.49. The van der Waals surface area contributed by atoms with Crippen LogP contribution in [0, 0.1) is 0 Å². The lowest BCUT2D eigenvalue weighted by molar-refractivity contribution is -0.112. The predicted molar refractivity (Wildman–Crippen MR) is 93.9 cm³/mol. The van der Waals surface area contributed by atoms with Gasteiger partial charge in [-0.1, -0.05) is 72.4 Å². The van der Waals surface area contributed by atoms with Gasteiger partial charge in [-0.3, -0.25) is 4.79 Å². The number of nitrogens with zero attached hydrogens (tertiary/aromatic N) is 1. The second-order valence-corrected chi connectivity index (χ2v) is 6.56. The minimum atomic E-state index is -0.488. The van der Waals surface area contributed by atoms with Crippen LogP contribution in [0.15, 0.2) is 71.3 Å². The summed E-state index contributed by atoms with van der Waals surface area (Å²) in [5.41, 5.74) is 2.13. The van der Waals surface area contributed by atoms with Gasteiger partial charge in [0.05, 0.1) is 11.2 Å². The molecule has 122 valence electrons. The first kappa shape index (κ1) is 16.3. The van der Waals surface area contributed by atoms with E-state index in [0.29, 0.717) is 5.76 Å². The molecule has 1 unspecified atom stereocenters. The van der Waals surface area contributed by atoms with E-state index in [1.165, 1.54) is 17.8 Å². The van der Waals surface area contributed by atoms with Crippen molar-refractivity contribution in [2.24, 2.45) is 0 Å². The van der Waals surface area contributed by atoms with Crippen LogP contribution in [-0.4, -0.2) is 15.4 Å². The molecule has 0 spiro atoms. The molecule has 1 atom stereocenters. The van der Waals surface area contributed by atoms with Crippen molar-refractivity contribution in [1.82, 2.24) is 5.16 Å². The van der Waals surface area contributed by atoms with Crippen LogP contribution in [0.25, 0.3) is 0 Å². The number of aromatic hydroxyl groups is 1. The molecule has 3 rings (SSSR count). The van der Waals surface area contributed by atoms with Crippen LogP contribution in [0.1, 0.15) is 35.0 Å². The minimum absolute atomic E-state index is 0.0381. The van der Waals surface area contributed by atoms with Crippen LogP contribution in [-0.2, 0) is 4.79 Å². The molecule has 1 heterocycles. The van der Waals surface area contributed by atoms with E-state index in [1.54, 1.807) is 6.92 Å². The first-order valence-electron chi connectivity index (χ1n) is 7.61. The van der Waals surface area contributed by atoms with Crippen LogP contribution < -0.4 is 0 Å². The average molecular weight is 339 g/mol. The van der Waals surface area contributed by atoms with Crippen molar-refractivity contribution >= 4 is 16.9 Å². The SMILES string of the molecule is CC(C(=O)SC(c1ccccc1)c1ccccc1)c1cc(O)no1. The van der Waals surface area contributed by atoms with E-state index in [1.807, 2.05) is 60.7 Å². The van der Waals surface area contributed by atoms with E-state index in [4.69, 9.17) is 4.52 Å². The Balaban J connectivity index is 1.85. The fraction of sp³-hybridized carbons (Fsp3) is 0.158. The lowest BCUT2D eigenvalue weighted by atomic mass is 10.0. The molecule has 0 aliphatic carbocycles. The van der Waals surface area contributed by atoms with Crippen molar-refractivity contribution < 1.29 is 14.4 Å². The summed E-state index contributed by atoms with van der Waals surface area (Å²) < 4.78 is 5.01. The fourth-order valence-electron chi connectivity index (χ4n) is 2.40. The van der Waals surface area contributed by atoms with Gasteiger partial charge in [0.15, 0.2) is 10.9 Å². The first-order chi connectivity index (χ1) is 11.6. The van der Waals surface area contributed by atoms with E-state index in [9.17, 15) is 9.90 Å². The van der Waals surface area contributed by atoms with Gasteiger partial charge in [0.2, 0.25) is 0 Å². The van der Waals surface area contributed by atoms with E-state index >= 15 is 0 Å². The molecule has 0 radical (unpaired) electrons. The quantitative estimate of drug-likeness (QED) is 0.740. The summed E-state index contributed by atoms with van der Waals surface area (Å²) in [5.74, 6) is -0.333. The highest BCUT2D eigenvalue weighted by molar-refractivity contribution is 8.14. The topological polar surface area (TPSA) is 63.3 Å². The third kappa shape index (κ3) is 3.68. The van der Waals surface area contributed by atoms with Gasteiger partial charge in [-0.2, -0.15) is 0 Å². The van der Waals surface area contributed by atoms with Gasteiger partial charge in [0, 0.05) is 6.07 Å². The number of hydrogen-bond acceptors (Lipinski definition) is 5. The predicted octanol–water partition coefficient (Wildman–Crippen LogP) is 4.53. The zero-order valence-electron chi connectivity index (χ0n) is 13.1. The van der Waals surface area contributed by atoms with Crippen molar-refractivity contribution in [2.45, 2.75) is 18.1 Å². The van der Waals surface area contributed by atoms with Crippen molar-refractivity contribution in [2.75, 3.05) is 0 Å². The zero-order valence-corrected chi connectivity index (χ0v) is 13.9. The third-order valence-corrected chi connectivity index (χ3v) is 5.10. The standard InChI is InChI=1S/C19H17NO3S/c1-13(16-12-17(21)20-23-16)19(22)24-18(14-8-4-2-5-9-14)15-10-6-3-7-11-15/h2-13,18H,1H3,(H,20,21). The summed E-state index contributed by atoms with van der Waals surface area (Å²) in [5, 5.41) is 12.6. The van der Waals surface area contributed by atoms with Crippen LogP contribution in [0.3, 0.4) is 0 Å². The van der Waals surface area contributed by atoms with E-state index < -0.39 is 5.92 Å². The molecule has 3 aromatic rings. The number of carbonyl (C=O) groups is 1. The zero-order chi connectivity index (χ0) is 16.9. The Bertz CT molecular complexity index is 762. The molecule has 1 aromatic heterocycles. The molecule has 0 aliphatic heterocycles. The molecule has 24 heavy (non-hydrogen) atoms. The lowest BCUT2D eigenvalue weighted by Crippen LogP contribution is -2.08. The number of rotatable bonds is 5. The monoisotopic (exact) mass is 339 g/mol. The summed E-state index contributed by atoms with van der Waals surface area (Å²) in [6.07, 6.45) is 0. The number of hydrogen-bond donors (Lipinski definition) is 1. The van der Waals surface area contributed by atoms with Crippen LogP contribution >= 0.6 is 11.8 Å².